The van der Waals surface area contributed by atoms with E-state index in [1.807, 2.05) is 0 Å². The third-order valence-electron chi connectivity index (χ3n) is 3.55. The number of nitrogens with zero attached hydrogens (tertiary/aromatic N) is 3. The fraction of sp³-hybridized carbons (Fsp3) is 0.667. The van der Waals surface area contributed by atoms with Crippen LogP contribution in [0.3, 0.4) is 0 Å². The van der Waals surface area contributed by atoms with Gasteiger partial charge in [-0.25, -0.2) is 9.97 Å². The molecule has 2 atom stereocenters. The van der Waals surface area contributed by atoms with Crippen molar-refractivity contribution in [2.24, 2.45) is 5.92 Å². The zero-order valence-corrected chi connectivity index (χ0v) is 11.4. The molecule has 0 bridgehead atoms. The van der Waals surface area contributed by atoms with E-state index < -0.39 is 4.92 Å². The van der Waals surface area contributed by atoms with Gasteiger partial charge >= 0.3 is 5.69 Å². The lowest BCUT2D eigenvalue weighted by atomic mass is 9.87. The third kappa shape index (κ3) is 3.32. The van der Waals surface area contributed by atoms with Gasteiger partial charge in [-0.05, 0) is 25.2 Å². The summed E-state index contributed by atoms with van der Waals surface area (Å²) in [4.78, 5) is 18.4. The van der Waals surface area contributed by atoms with Crippen molar-refractivity contribution in [3.8, 4) is 0 Å². The Bertz CT molecular complexity index is 482. The number of anilines is 2. The van der Waals surface area contributed by atoms with Crippen molar-refractivity contribution in [2.75, 3.05) is 24.2 Å². The molecule has 0 amide bonds. The van der Waals surface area contributed by atoms with Gasteiger partial charge < -0.3 is 15.7 Å². The van der Waals surface area contributed by atoms with Crippen molar-refractivity contribution in [2.45, 2.75) is 31.8 Å². The van der Waals surface area contributed by atoms with Gasteiger partial charge in [-0.15, -0.1) is 0 Å². The SMILES string of the molecule is CNc1ncnc(NCC2CCCC(O)C2)c1[N+](=O)[O-]. The molecule has 0 spiro atoms. The topological polar surface area (TPSA) is 113 Å². The first kappa shape index (κ1) is 14.4. The van der Waals surface area contributed by atoms with Crippen LogP contribution in [-0.4, -0.2) is 39.7 Å². The van der Waals surface area contributed by atoms with Gasteiger partial charge in [-0.1, -0.05) is 6.42 Å². The molecule has 2 rings (SSSR count). The van der Waals surface area contributed by atoms with Crippen molar-refractivity contribution in [1.29, 1.82) is 0 Å². The maximum Gasteiger partial charge on any atom is 0.353 e. The smallest absolute Gasteiger partial charge is 0.353 e. The van der Waals surface area contributed by atoms with Crippen molar-refractivity contribution in [3.05, 3.63) is 16.4 Å². The van der Waals surface area contributed by atoms with Crippen LogP contribution in [0.4, 0.5) is 17.3 Å². The van der Waals surface area contributed by atoms with Crippen LogP contribution in [0.15, 0.2) is 6.33 Å². The van der Waals surface area contributed by atoms with E-state index in [1.165, 1.54) is 6.33 Å². The van der Waals surface area contributed by atoms with E-state index in [0.717, 1.165) is 25.7 Å². The fourth-order valence-corrected chi connectivity index (χ4v) is 2.55. The summed E-state index contributed by atoms with van der Waals surface area (Å²) in [6, 6.07) is 0. The van der Waals surface area contributed by atoms with E-state index in [9.17, 15) is 15.2 Å². The van der Waals surface area contributed by atoms with Gasteiger partial charge in [0, 0.05) is 13.6 Å². The summed E-state index contributed by atoms with van der Waals surface area (Å²) in [5.74, 6) is 0.719. The first-order chi connectivity index (χ1) is 9.61. The first-order valence-corrected chi connectivity index (χ1v) is 6.71. The summed E-state index contributed by atoms with van der Waals surface area (Å²) in [6.07, 6.45) is 4.60. The van der Waals surface area contributed by atoms with E-state index in [2.05, 4.69) is 20.6 Å². The Morgan fingerprint density at radius 3 is 2.85 bits per heavy atom. The average Bonchev–Trinajstić information content (AvgIpc) is 2.44. The van der Waals surface area contributed by atoms with Gasteiger partial charge in [0.15, 0.2) is 0 Å². The molecular weight excluding hydrogens is 262 g/mol. The summed E-state index contributed by atoms with van der Waals surface area (Å²) in [7, 11) is 1.58. The summed E-state index contributed by atoms with van der Waals surface area (Å²) in [6.45, 7) is 0.568. The van der Waals surface area contributed by atoms with Crippen LogP contribution in [0, 0.1) is 16.0 Å². The molecule has 8 heteroatoms. The maximum absolute atomic E-state index is 11.1. The number of hydrogen-bond acceptors (Lipinski definition) is 7. The number of rotatable bonds is 5. The summed E-state index contributed by atoms with van der Waals surface area (Å²) >= 11 is 0. The number of aliphatic hydroxyl groups excluding tert-OH is 1. The molecule has 8 nitrogen and oxygen atoms in total. The second-order valence-electron chi connectivity index (χ2n) is 4.99. The van der Waals surface area contributed by atoms with Gasteiger partial charge in [0.2, 0.25) is 11.6 Å². The Hall–Kier alpha value is -1.96. The van der Waals surface area contributed by atoms with Crippen LogP contribution in [-0.2, 0) is 0 Å². The summed E-state index contributed by atoms with van der Waals surface area (Å²) in [5, 5.41) is 26.4. The zero-order chi connectivity index (χ0) is 14.5. The molecule has 1 saturated carbocycles. The van der Waals surface area contributed by atoms with Crippen LogP contribution in [0.2, 0.25) is 0 Å². The van der Waals surface area contributed by atoms with E-state index in [0.29, 0.717) is 12.5 Å². The zero-order valence-electron chi connectivity index (χ0n) is 11.4. The molecule has 110 valence electrons. The van der Waals surface area contributed by atoms with Crippen molar-refractivity contribution < 1.29 is 10.0 Å². The lowest BCUT2D eigenvalue weighted by molar-refractivity contribution is -0.383. The minimum absolute atomic E-state index is 0.147. The third-order valence-corrected chi connectivity index (χ3v) is 3.55. The molecule has 0 saturated heterocycles. The quantitative estimate of drug-likeness (QED) is 0.552. The highest BCUT2D eigenvalue weighted by Crippen LogP contribution is 2.30. The predicted molar refractivity (Wildman–Crippen MR) is 74.7 cm³/mol. The standard InChI is InChI=1S/C12H19N5O3/c1-13-11-10(17(19)20)12(16-7-15-11)14-6-8-3-2-4-9(18)5-8/h7-9,18H,2-6H2,1H3,(H2,13,14,15,16). The number of nitrogens with one attached hydrogen (secondary N) is 2. The molecule has 1 fully saturated rings. The lowest BCUT2D eigenvalue weighted by Crippen LogP contribution is -2.25. The molecule has 0 aliphatic heterocycles. The molecule has 2 unspecified atom stereocenters. The van der Waals surface area contributed by atoms with Crippen LogP contribution >= 0.6 is 0 Å². The molecule has 3 N–H and O–H groups in total. The summed E-state index contributed by atoms with van der Waals surface area (Å²) in [5.41, 5.74) is -0.147. The monoisotopic (exact) mass is 281 g/mol. The van der Waals surface area contributed by atoms with Crippen molar-refractivity contribution in [1.82, 2.24) is 9.97 Å². The Morgan fingerprint density at radius 1 is 1.45 bits per heavy atom. The molecule has 1 aromatic heterocycles. The minimum atomic E-state index is -0.496. The lowest BCUT2D eigenvalue weighted by Gasteiger charge is -2.26. The van der Waals surface area contributed by atoms with Crippen molar-refractivity contribution >= 4 is 17.3 Å². The normalized spacial score (nSPS) is 22.3. The average molecular weight is 281 g/mol. The first-order valence-electron chi connectivity index (χ1n) is 6.71. The Balaban J connectivity index is 2.07. The second-order valence-corrected chi connectivity index (χ2v) is 4.99. The maximum atomic E-state index is 11.1. The van der Waals surface area contributed by atoms with Gasteiger partial charge in [0.05, 0.1) is 11.0 Å². The van der Waals surface area contributed by atoms with Crippen LogP contribution in [0.5, 0.6) is 0 Å². The highest BCUT2D eigenvalue weighted by Gasteiger charge is 2.24. The largest absolute Gasteiger partial charge is 0.393 e. The van der Waals surface area contributed by atoms with Gasteiger partial charge in [0.25, 0.3) is 0 Å². The molecule has 0 aromatic carbocycles. The van der Waals surface area contributed by atoms with E-state index in [-0.39, 0.29) is 23.4 Å². The Labute approximate surface area is 116 Å². The fourth-order valence-electron chi connectivity index (χ4n) is 2.55. The van der Waals surface area contributed by atoms with E-state index in [1.54, 1.807) is 7.05 Å². The number of nitro groups is 1. The molecular formula is C12H19N5O3. The minimum Gasteiger partial charge on any atom is -0.393 e. The Kier molecular flexibility index (Phi) is 4.67. The number of hydrogen-bond donors (Lipinski definition) is 3. The van der Waals surface area contributed by atoms with Gasteiger partial charge in [-0.3, -0.25) is 10.1 Å². The molecule has 1 aliphatic rings. The van der Waals surface area contributed by atoms with Crippen LogP contribution in [0.25, 0.3) is 0 Å². The van der Waals surface area contributed by atoms with Crippen LogP contribution < -0.4 is 10.6 Å². The van der Waals surface area contributed by atoms with E-state index in [4.69, 9.17) is 0 Å². The molecule has 1 aromatic rings. The molecule has 20 heavy (non-hydrogen) atoms. The van der Waals surface area contributed by atoms with Gasteiger partial charge in [0.1, 0.15) is 6.33 Å². The highest BCUT2D eigenvalue weighted by molar-refractivity contribution is 5.68. The predicted octanol–water partition coefficient (Wildman–Crippen LogP) is 1.39. The molecule has 1 heterocycles. The second kappa shape index (κ2) is 6.47. The number of aliphatic hydroxyl groups is 1. The molecule has 0 radical (unpaired) electrons. The van der Waals surface area contributed by atoms with Crippen molar-refractivity contribution in [3.63, 3.8) is 0 Å². The van der Waals surface area contributed by atoms with E-state index >= 15 is 0 Å². The van der Waals surface area contributed by atoms with Gasteiger partial charge in [-0.2, -0.15) is 0 Å². The molecule has 1 aliphatic carbocycles. The van der Waals surface area contributed by atoms with Crippen LogP contribution in [0.1, 0.15) is 25.7 Å². The summed E-state index contributed by atoms with van der Waals surface area (Å²) < 4.78 is 0. The highest BCUT2D eigenvalue weighted by atomic mass is 16.6. The Morgan fingerprint density at radius 2 is 2.20 bits per heavy atom. The number of aromatic nitrogens is 2.